The van der Waals surface area contributed by atoms with E-state index < -0.39 is 23.9 Å². The van der Waals surface area contributed by atoms with E-state index in [1.807, 2.05) is 0 Å². The second-order valence-electron chi connectivity index (χ2n) is 4.45. The number of benzene rings is 1. The summed E-state index contributed by atoms with van der Waals surface area (Å²) in [6.45, 7) is 5.33. The number of carbonyl (C=O) groups excluding carboxylic acids is 3. The van der Waals surface area contributed by atoms with Crippen molar-refractivity contribution in [3.8, 4) is 0 Å². The number of hydrogen-bond acceptors (Lipinski definition) is 5. The number of hydrogen-bond donors (Lipinski definition) is 0. The Hall–Kier alpha value is -2.47. The van der Waals surface area contributed by atoms with Crippen molar-refractivity contribution >= 4 is 17.8 Å². The summed E-state index contributed by atoms with van der Waals surface area (Å²) in [7, 11) is 0. The summed E-state index contributed by atoms with van der Waals surface area (Å²) in [5, 5.41) is 0.473. The molecule has 6 heteroatoms. The van der Waals surface area contributed by atoms with Crippen LogP contribution in [0, 0.1) is 0 Å². The molecular weight excluding hydrogens is 274 g/mol. The maximum atomic E-state index is 12.0. The summed E-state index contributed by atoms with van der Waals surface area (Å²) in [5.41, 5.74) is 0.436. The first kappa shape index (κ1) is 14.9. The fourth-order valence-electron chi connectivity index (χ4n) is 1.81. The number of nitrogens with zero attached hydrogens (tertiary/aromatic N) is 1. The van der Waals surface area contributed by atoms with Crippen molar-refractivity contribution in [1.82, 2.24) is 5.06 Å². The molecule has 1 atom stereocenters. The summed E-state index contributed by atoms with van der Waals surface area (Å²) in [5.74, 6) is -2.10. The minimum atomic E-state index is -0.880. The zero-order valence-corrected chi connectivity index (χ0v) is 11.6. The van der Waals surface area contributed by atoms with Gasteiger partial charge in [0.2, 0.25) is 0 Å². The molecule has 1 unspecified atom stereocenters. The summed E-state index contributed by atoms with van der Waals surface area (Å²) in [6, 6.07) is 6.29. The van der Waals surface area contributed by atoms with Crippen LogP contribution in [0.25, 0.3) is 0 Å². The number of imide groups is 1. The van der Waals surface area contributed by atoms with Gasteiger partial charge in [-0.2, -0.15) is 0 Å². The molecule has 6 nitrogen and oxygen atoms in total. The van der Waals surface area contributed by atoms with Crippen LogP contribution in [0.3, 0.4) is 0 Å². The number of ether oxygens (including phenoxy) is 1. The molecule has 1 aliphatic rings. The fourth-order valence-corrected chi connectivity index (χ4v) is 1.81. The van der Waals surface area contributed by atoms with Gasteiger partial charge in [0, 0.05) is 0 Å². The first-order valence-electron chi connectivity index (χ1n) is 6.48. The van der Waals surface area contributed by atoms with E-state index in [0.717, 1.165) is 0 Å². The van der Waals surface area contributed by atoms with Crippen LogP contribution in [0.2, 0.25) is 0 Å². The van der Waals surface area contributed by atoms with Crippen LogP contribution in [-0.2, 0) is 14.4 Å². The van der Waals surface area contributed by atoms with E-state index in [9.17, 15) is 14.4 Å². The Morgan fingerprint density at radius 2 is 1.86 bits per heavy atom. The molecule has 0 saturated heterocycles. The Kier molecular flexibility index (Phi) is 4.49. The molecule has 0 fully saturated rings. The van der Waals surface area contributed by atoms with Crippen LogP contribution in [-0.4, -0.2) is 35.6 Å². The van der Waals surface area contributed by atoms with Gasteiger partial charge in [-0.05, 0) is 25.5 Å². The third-order valence-electron chi connectivity index (χ3n) is 2.96. The van der Waals surface area contributed by atoms with Crippen LogP contribution >= 0.6 is 0 Å². The first-order valence-corrected chi connectivity index (χ1v) is 6.48. The molecule has 0 aromatic heterocycles. The Bertz CT molecular complexity index is 560. The van der Waals surface area contributed by atoms with Crippen molar-refractivity contribution in [2.75, 3.05) is 6.61 Å². The Labute approximate surface area is 121 Å². The average Bonchev–Trinajstić information content (AvgIpc) is 2.73. The first-order chi connectivity index (χ1) is 10.1. The van der Waals surface area contributed by atoms with Gasteiger partial charge in [-0.25, -0.2) is 4.79 Å². The maximum absolute atomic E-state index is 12.0. The number of hydroxylamine groups is 2. The molecule has 110 valence electrons. The van der Waals surface area contributed by atoms with Crippen LogP contribution < -0.4 is 0 Å². The van der Waals surface area contributed by atoms with E-state index in [0.29, 0.717) is 18.1 Å². The van der Waals surface area contributed by atoms with Gasteiger partial charge in [0.15, 0.2) is 6.10 Å². The van der Waals surface area contributed by atoms with Crippen molar-refractivity contribution in [1.29, 1.82) is 0 Å². The lowest BCUT2D eigenvalue weighted by atomic mass is 10.1. The van der Waals surface area contributed by atoms with Crippen molar-refractivity contribution in [3.05, 3.63) is 48.0 Å². The maximum Gasteiger partial charge on any atom is 0.361 e. The van der Waals surface area contributed by atoms with Gasteiger partial charge in [-0.3, -0.25) is 9.59 Å². The molecule has 21 heavy (non-hydrogen) atoms. The van der Waals surface area contributed by atoms with Gasteiger partial charge >= 0.3 is 5.97 Å². The molecule has 2 amide bonds. The molecule has 1 aromatic carbocycles. The molecule has 0 aliphatic carbocycles. The number of amides is 2. The molecule has 1 aliphatic heterocycles. The molecule has 0 spiro atoms. The van der Waals surface area contributed by atoms with E-state index >= 15 is 0 Å². The molecule has 0 radical (unpaired) electrons. The third-order valence-corrected chi connectivity index (χ3v) is 2.96. The highest BCUT2D eigenvalue weighted by molar-refractivity contribution is 6.20. The molecule has 1 heterocycles. The molecule has 0 saturated carbocycles. The zero-order chi connectivity index (χ0) is 15.4. The SMILES string of the molecule is C=CCCOC(C)C(=O)ON1C(=O)c2ccccc2C1=O. The van der Waals surface area contributed by atoms with Crippen LogP contribution in [0.1, 0.15) is 34.1 Å². The largest absolute Gasteiger partial charge is 0.366 e. The van der Waals surface area contributed by atoms with E-state index in [-0.39, 0.29) is 11.1 Å². The zero-order valence-electron chi connectivity index (χ0n) is 11.6. The minimum Gasteiger partial charge on any atom is -0.366 e. The lowest BCUT2D eigenvalue weighted by molar-refractivity contribution is -0.180. The standard InChI is InChI=1S/C15H15NO5/c1-3-4-9-20-10(2)15(19)21-16-13(17)11-7-5-6-8-12(11)14(16)18/h3,5-8,10H,1,4,9H2,2H3. The van der Waals surface area contributed by atoms with Gasteiger partial charge in [-0.1, -0.05) is 23.3 Å². The molecule has 2 rings (SSSR count). The van der Waals surface area contributed by atoms with E-state index in [1.54, 1.807) is 18.2 Å². The van der Waals surface area contributed by atoms with Gasteiger partial charge < -0.3 is 9.57 Å². The van der Waals surface area contributed by atoms with E-state index in [4.69, 9.17) is 9.57 Å². The van der Waals surface area contributed by atoms with E-state index in [1.165, 1.54) is 19.1 Å². The van der Waals surface area contributed by atoms with Crippen LogP contribution in [0.4, 0.5) is 0 Å². The smallest absolute Gasteiger partial charge is 0.361 e. The number of fused-ring (bicyclic) bond motifs is 1. The summed E-state index contributed by atoms with van der Waals surface area (Å²) in [6.07, 6.45) is 1.36. The van der Waals surface area contributed by atoms with Gasteiger partial charge in [0.25, 0.3) is 11.8 Å². The summed E-state index contributed by atoms with van der Waals surface area (Å²) in [4.78, 5) is 40.7. The van der Waals surface area contributed by atoms with Crippen molar-refractivity contribution in [2.45, 2.75) is 19.4 Å². The fraction of sp³-hybridized carbons (Fsp3) is 0.267. The van der Waals surface area contributed by atoms with Crippen molar-refractivity contribution < 1.29 is 24.0 Å². The second-order valence-corrected chi connectivity index (χ2v) is 4.45. The quantitative estimate of drug-likeness (QED) is 0.453. The van der Waals surface area contributed by atoms with Gasteiger partial charge in [-0.15, -0.1) is 6.58 Å². The second kappa shape index (κ2) is 6.32. The third kappa shape index (κ3) is 3.00. The van der Waals surface area contributed by atoms with Crippen molar-refractivity contribution in [2.24, 2.45) is 0 Å². The predicted octanol–water partition coefficient (Wildman–Crippen LogP) is 1.72. The Morgan fingerprint density at radius 1 is 1.29 bits per heavy atom. The Balaban J connectivity index is 2.01. The highest BCUT2D eigenvalue weighted by Gasteiger charge is 2.39. The molecule has 0 bridgehead atoms. The van der Waals surface area contributed by atoms with Crippen LogP contribution in [0.15, 0.2) is 36.9 Å². The topological polar surface area (TPSA) is 72.9 Å². The molecule has 0 N–H and O–H groups in total. The van der Waals surface area contributed by atoms with Gasteiger partial charge in [0.1, 0.15) is 0 Å². The highest BCUT2D eigenvalue weighted by atomic mass is 16.7. The predicted molar refractivity (Wildman–Crippen MR) is 73.3 cm³/mol. The summed E-state index contributed by atoms with van der Waals surface area (Å²) >= 11 is 0. The van der Waals surface area contributed by atoms with Crippen molar-refractivity contribution in [3.63, 3.8) is 0 Å². The molecular formula is C15H15NO5. The van der Waals surface area contributed by atoms with Crippen LogP contribution in [0.5, 0.6) is 0 Å². The normalized spacial score (nSPS) is 14.8. The number of rotatable bonds is 6. The minimum absolute atomic E-state index is 0.218. The number of carbonyl (C=O) groups is 3. The highest BCUT2D eigenvalue weighted by Crippen LogP contribution is 2.22. The lowest BCUT2D eigenvalue weighted by Crippen LogP contribution is -2.37. The summed E-state index contributed by atoms with van der Waals surface area (Å²) < 4.78 is 5.21. The lowest BCUT2D eigenvalue weighted by Gasteiger charge is -2.16. The van der Waals surface area contributed by atoms with Gasteiger partial charge in [0.05, 0.1) is 17.7 Å². The average molecular weight is 289 g/mol. The Morgan fingerprint density at radius 3 is 2.38 bits per heavy atom. The molecule has 1 aromatic rings. The van der Waals surface area contributed by atoms with E-state index in [2.05, 4.69) is 6.58 Å². The monoisotopic (exact) mass is 289 g/mol.